The molecule has 5 heteroatoms. The summed E-state index contributed by atoms with van der Waals surface area (Å²) in [5.74, 6) is 0.555. The van der Waals surface area contributed by atoms with Gasteiger partial charge in [-0.05, 0) is 56.4 Å². The van der Waals surface area contributed by atoms with E-state index in [9.17, 15) is 8.42 Å². The van der Waals surface area contributed by atoms with E-state index >= 15 is 0 Å². The molecule has 1 aromatic rings. The van der Waals surface area contributed by atoms with E-state index < -0.39 is 10.0 Å². The van der Waals surface area contributed by atoms with Crippen molar-refractivity contribution in [3.05, 3.63) is 29.3 Å². The van der Waals surface area contributed by atoms with Gasteiger partial charge in [-0.3, -0.25) is 0 Å². The zero-order valence-corrected chi connectivity index (χ0v) is 13.3. The second-order valence-electron chi connectivity index (χ2n) is 5.58. The number of nitriles is 1. The minimum atomic E-state index is -3.51. The van der Waals surface area contributed by atoms with E-state index in [2.05, 4.69) is 18.6 Å². The summed E-state index contributed by atoms with van der Waals surface area (Å²) in [6.07, 6.45) is 1.79. The predicted molar refractivity (Wildman–Crippen MR) is 79.7 cm³/mol. The summed E-state index contributed by atoms with van der Waals surface area (Å²) in [6, 6.07) is 6.49. The van der Waals surface area contributed by atoms with Gasteiger partial charge in [0.25, 0.3) is 0 Å². The lowest BCUT2D eigenvalue weighted by Gasteiger charge is -2.15. The van der Waals surface area contributed by atoms with Crippen LogP contribution in [0.4, 0.5) is 0 Å². The number of nitrogens with zero attached hydrogens (tertiary/aromatic N) is 1. The molecule has 0 saturated carbocycles. The number of sulfonamides is 1. The highest BCUT2D eigenvalue weighted by Crippen LogP contribution is 2.16. The van der Waals surface area contributed by atoms with Crippen molar-refractivity contribution in [2.75, 3.05) is 0 Å². The fourth-order valence-electron chi connectivity index (χ4n) is 1.90. The maximum Gasteiger partial charge on any atom is 0.240 e. The van der Waals surface area contributed by atoms with Crippen molar-refractivity contribution in [1.29, 1.82) is 5.26 Å². The van der Waals surface area contributed by atoms with Crippen molar-refractivity contribution >= 4 is 10.0 Å². The summed E-state index contributed by atoms with van der Waals surface area (Å²) in [5.41, 5.74) is 1.17. The van der Waals surface area contributed by atoms with E-state index in [0.29, 0.717) is 17.0 Å². The van der Waals surface area contributed by atoms with Crippen LogP contribution in [-0.2, 0) is 10.0 Å². The van der Waals surface area contributed by atoms with Crippen molar-refractivity contribution in [1.82, 2.24) is 4.72 Å². The van der Waals surface area contributed by atoms with Gasteiger partial charge in [-0.15, -0.1) is 0 Å². The maximum atomic E-state index is 12.2. The molecule has 1 atom stereocenters. The molecule has 4 nitrogen and oxygen atoms in total. The highest BCUT2D eigenvalue weighted by Gasteiger charge is 2.18. The van der Waals surface area contributed by atoms with Crippen LogP contribution in [0.1, 0.15) is 44.7 Å². The predicted octanol–water partition coefficient (Wildman–Crippen LogP) is 2.97. The first kappa shape index (κ1) is 16.7. The average molecular weight is 294 g/mol. The molecule has 0 aliphatic heterocycles. The zero-order valence-electron chi connectivity index (χ0n) is 12.5. The molecule has 0 spiro atoms. The van der Waals surface area contributed by atoms with Crippen LogP contribution in [0.3, 0.4) is 0 Å². The number of rotatable bonds is 6. The van der Waals surface area contributed by atoms with E-state index in [1.54, 1.807) is 13.0 Å². The molecule has 0 aliphatic rings. The molecule has 0 radical (unpaired) electrons. The Hall–Kier alpha value is -1.38. The summed E-state index contributed by atoms with van der Waals surface area (Å²) in [7, 11) is -3.51. The van der Waals surface area contributed by atoms with E-state index in [1.807, 2.05) is 13.0 Å². The lowest BCUT2D eigenvalue weighted by molar-refractivity contribution is 0.485. The smallest absolute Gasteiger partial charge is 0.208 e. The largest absolute Gasteiger partial charge is 0.240 e. The van der Waals surface area contributed by atoms with Crippen molar-refractivity contribution in [2.24, 2.45) is 5.92 Å². The Labute approximate surface area is 121 Å². The molecule has 110 valence electrons. The second kappa shape index (κ2) is 6.87. The SMILES string of the molecule is Cc1cc(S(=O)(=O)NC(C)CCC(C)C)ccc1C#N. The lowest BCUT2D eigenvalue weighted by Crippen LogP contribution is -2.32. The lowest BCUT2D eigenvalue weighted by atomic mass is 10.1. The van der Waals surface area contributed by atoms with Gasteiger partial charge in [0.05, 0.1) is 16.5 Å². The van der Waals surface area contributed by atoms with Crippen molar-refractivity contribution in [3.63, 3.8) is 0 Å². The van der Waals surface area contributed by atoms with Gasteiger partial charge in [0, 0.05) is 6.04 Å². The summed E-state index contributed by atoms with van der Waals surface area (Å²) in [5, 5.41) is 8.86. The van der Waals surface area contributed by atoms with Gasteiger partial charge in [-0.25, -0.2) is 13.1 Å². The first-order valence-electron chi connectivity index (χ1n) is 6.79. The van der Waals surface area contributed by atoms with Crippen molar-refractivity contribution < 1.29 is 8.42 Å². The highest BCUT2D eigenvalue weighted by molar-refractivity contribution is 7.89. The molecular formula is C15H22N2O2S. The van der Waals surface area contributed by atoms with Gasteiger partial charge in [-0.1, -0.05) is 13.8 Å². The quantitative estimate of drug-likeness (QED) is 0.877. The Balaban J connectivity index is 2.84. The third-order valence-electron chi connectivity index (χ3n) is 3.16. The van der Waals surface area contributed by atoms with E-state index in [0.717, 1.165) is 12.8 Å². The Morgan fingerprint density at radius 1 is 1.25 bits per heavy atom. The van der Waals surface area contributed by atoms with Crippen LogP contribution in [0.15, 0.2) is 23.1 Å². The van der Waals surface area contributed by atoms with Crippen LogP contribution >= 0.6 is 0 Å². The molecule has 0 aliphatic carbocycles. The molecule has 1 aromatic carbocycles. The minimum absolute atomic E-state index is 0.0988. The topological polar surface area (TPSA) is 70.0 Å². The monoisotopic (exact) mass is 294 g/mol. The average Bonchev–Trinajstić information content (AvgIpc) is 2.35. The molecule has 0 aromatic heterocycles. The summed E-state index contributed by atoms with van der Waals surface area (Å²) in [6.45, 7) is 7.84. The molecule has 1 rings (SSSR count). The van der Waals surface area contributed by atoms with Crippen LogP contribution in [0, 0.1) is 24.2 Å². The Morgan fingerprint density at radius 3 is 2.40 bits per heavy atom. The molecule has 0 fully saturated rings. The normalized spacial score (nSPS) is 13.2. The van der Waals surface area contributed by atoms with Gasteiger partial charge in [0.1, 0.15) is 0 Å². The first-order chi connectivity index (χ1) is 9.26. The molecule has 0 saturated heterocycles. The molecular weight excluding hydrogens is 272 g/mol. The van der Waals surface area contributed by atoms with Crippen LogP contribution < -0.4 is 4.72 Å². The number of aryl methyl sites for hydroxylation is 1. The molecule has 1 unspecified atom stereocenters. The molecule has 20 heavy (non-hydrogen) atoms. The second-order valence-corrected chi connectivity index (χ2v) is 7.30. The van der Waals surface area contributed by atoms with Gasteiger partial charge >= 0.3 is 0 Å². The Morgan fingerprint density at radius 2 is 1.90 bits per heavy atom. The number of nitrogens with one attached hydrogen (secondary N) is 1. The minimum Gasteiger partial charge on any atom is -0.208 e. The third-order valence-corrected chi connectivity index (χ3v) is 4.75. The zero-order chi connectivity index (χ0) is 15.3. The van der Waals surface area contributed by atoms with Crippen molar-refractivity contribution in [2.45, 2.75) is 51.5 Å². The van der Waals surface area contributed by atoms with Crippen molar-refractivity contribution in [3.8, 4) is 6.07 Å². The third kappa shape index (κ3) is 4.62. The van der Waals surface area contributed by atoms with Gasteiger partial charge in [0.15, 0.2) is 0 Å². The maximum absolute atomic E-state index is 12.2. The summed E-state index contributed by atoms with van der Waals surface area (Å²) in [4.78, 5) is 0.213. The summed E-state index contributed by atoms with van der Waals surface area (Å²) < 4.78 is 27.2. The standard InChI is InChI=1S/C15H22N2O2S/c1-11(2)5-6-13(4)17-20(18,19)15-8-7-14(10-16)12(3)9-15/h7-9,11,13,17H,5-6H2,1-4H3. The fraction of sp³-hybridized carbons (Fsp3) is 0.533. The molecule has 1 N–H and O–H groups in total. The van der Waals surface area contributed by atoms with E-state index in [1.165, 1.54) is 12.1 Å². The van der Waals surface area contributed by atoms with Crippen LogP contribution in [0.2, 0.25) is 0 Å². The van der Waals surface area contributed by atoms with Gasteiger partial charge in [-0.2, -0.15) is 5.26 Å². The van der Waals surface area contributed by atoms with Gasteiger partial charge < -0.3 is 0 Å². The first-order valence-corrected chi connectivity index (χ1v) is 8.27. The highest BCUT2D eigenvalue weighted by atomic mass is 32.2. The van der Waals surface area contributed by atoms with Gasteiger partial charge in [0.2, 0.25) is 10.0 Å². The van der Waals surface area contributed by atoms with Crippen LogP contribution in [-0.4, -0.2) is 14.5 Å². The summed E-state index contributed by atoms with van der Waals surface area (Å²) >= 11 is 0. The molecule has 0 amide bonds. The fourth-order valence-corrected chi connectivity index (χ4v) is 3.27. The molecule has 0 heterocycles. The Kier molecular flexibility index (Phi) is 5.73. The van der Waals surface area contributed by atoms with Crippen LogP contribution in [0.5, 0.6) is 0 Å². The van der Waals surface area contributed by atoms with Crippen LogP contribution in [0.25, 0.3) is 0 Å². The molecule has 0 bridgehead atoms. The number of hydrogen-bond donors (Lipinski definition) is 1. The van der Waals surface area contributed by atoms with E-state index in [4.69, 9.17) is 5.26 Å². The van der Waals surface area contributed by atoms with E-state index in [-0.39, 0.29) is 10.9 Å². The number of hydrogen-bond acceptors (Lipinski definition) is 3. The number of benzene rings is 1. The Bertz CT molecular complexity index is 601.